The fourth-order valence-corrected chi connectivity index (χ4v) is 5.26. The van der Waals surface area contributed by atoms with E-state index in [0.29, 0.717) is 8.58 Å². The Morgan fingerprint density at radius 1 is 1.07 bits per heavy atom. The molecule has 0 bridgehead atoms. The summed E-state index contributed by atoms with van der Waals surface area (Å²) in [6, 6.07) is 14.7. The number of anilines is 1. The normalized spacial score (nSPS) is 13.6. The summed E-state index contributed by atoms with van der Waals surface area (Å²) in [5.74, 6) is 1.71. The van der Waals surface area contributed by atoms with Gasteiger partial charge in [-0.25, -0.2) is 0 Å². The summed E-state index contributed by atoms with van der Waals surface area (Å²) < 4.78 is 16.6. The number of nitrogens with zero attached hydrogens (tertiary/aromatic N) is 1. The van der Waals surface area contributed by atoms with E-state index in [9.17, 15) is 0 Å². The first-order valence-electron chi connectivity index (χ1n) is 9.30. The quantitative estimate of drug-likeness (QED) is 0.433. The van der Waals surface area contributed by atoms with E-state index in [-0.39, 0.29) is 11.9 Å². The third-order valence-electron chi connectivity index (χ3n) is 4.66. The highest BCUT2D eigenvalue weighted by Crippen LogP contribution is 2.49. The number of rotatable bonds is 10. The molecule has 0 N–H and O–H groups in total. The van der Waals surface area contributed by atoms with Crippen LogP contribution in [0.5, 0.6) is 11.5 Å². The maximum atomic E-state index is 5.91. The van der Waals surface area contributed by atoms with Crippen molar-refractivity contribution in [3.8, 4) is 11.5 Å². The monoisotopic (exact) mass is 389 g/mol. The molecule has 0 heterocycles. The summed E-state index contributed by atoms with van der Waals surface area (Å²) >= 11 is 0. The summed E-state index contributed by atoms with van der Waals surface area (Å²) in [6.07, 6.45) is 2.15. The maximum Gasteiger partial charge on any atom is 0.188 e. The fourth-order valence-electron chi connectivity index (χ4n) is 3.35. The van der Waals surface area contributed by atoms with Gasteiger partial charge in [-0.2, -0.15) is 0 Å². The van der Waals surface area contributed by atoms with E-state index in [1.54, 1.807) is 14.2 Å². The molecular formula is C22H32NO3P. The Hall–Kier alpha value is -1.77. The van der Waals surface area contributed by atoms with Crippen LogP contribution in [0.2, 0.25) is 0 Å². The lowest BCUT2D eigenvalue weighted by atomic mass is 9.94. The molecule has 0 saturated heterocycles. The van der Waals surface area contributed by atoms with E-state index in [1.807, 2.05) is 12.1 Å². The zero-order valence-electron chi connectivity index (χ0n) is 17.3. The molecule has 2 atom stereocenters. The van der Waals surface area contributed by atoms with Crippen molar-refractivity contribution in [1.82, 2.24) is 0 Å². The number of benzene rings is 2. The highest BCUT2D eigenvalue weighted by Gasteiger charge is 2.31. The molecule has 2 aromatic rings. The topological polar surface area (TPSA) is 30.9 Å². The molecule has 0 aromatic heterocycles. The zero-order valence-corrected chi connectivity index (χ0v) is 18.3. The Morgan fingerprint density at radius 3 is 2.44 bits per heavy atom. The molecule has 2 unspecified atom stereocenters. The van der Waals surface area contributed by atoms with Crippen LogP contribution in [0.25, 0.3) is 0 Å². The molecule has 2 rings (SSSR count). The van der Waals surface area contributed by atoms with Crippen molar-refractivity contribution in [2.75, 3.05) is 40.0 Å². The third-order valence-corrected chi connectivity index (χ3v) is 6.42. The van der Waals surface area contributed by atoms with Crippen molar-refractivity contribution in [1.29, 1.82) is 0 Å². The fraction of sp³-hybridized carbons (Fsp3) is 0.455. The number of hydrogen-bond donors (Lipinski definition) is 0. The van der Waals surface area contributed by atoms with Gasteiger partial charge in [-0.05, 0) is 36.0 Å². The van der Waals surface area contributed by atoms with Gasteiger partial charge in [-0.15, -0.1) is 0 Å². The molecule has 0 fully saturated rings. The van der Waals surface area contributed by atoms with Gasteiger partial charge in [-0.1, -0.05) is 47.0 Å². The lowest BCUT2D eigenvalue weighted by Crippen LogP contribution is -2.24. The molecule has 0 spiro atoms. The van der Waals surface area contributed by atoms with Gasteiger partial charge in [0, 0.05) is 37.6 Å². The summed E-state index contributed by atoms with van der Waals surface area (Å²) in [5, 5.41) is 1.30. The first-order valence-corrected chi connectivity index (χ1v) is 10.3. The van der Waals surface area contributed by atoms with Crippen molar-refractivity contribution in [3.63, 3.8) is 0 Å². The molecule has 0 aliphatic rings. The number of para-hydroxylation sites is 1. The van der Waals surface area contributed by atoms with Crippen LogP contribution in [0.4, 0.5) is 5.69 Å². The van der Waals surface area contributed by atoms with E-state index in [1.165, 1.54) is 16.6 Å². The number of hydrogen-bond acceptors (Lipinski definition) is 4. The van der Waals surface area contributed by atoms with Gasteiger partial charge in [0.25, 0.3) is 0 Å². The van der Waals surface area contributed by atoms with Gasteiger partial charge in [0.2, 0.25) is 0 Å². The number of ether oxygens (including phenoxy) is 3. The van der Waals surface area contributed by atoms with Crippen LogP contribution in [0.3, 0.4) is 0 Å². The molecule has 2 aromatic carbocycles. The summed E-state index contributed by atoms with van der Waals surface area (Å²) in [4.78, 5) is 2.18. The van der Waals surface area contributed by atoms with Crippen LogP contribution in [0, 0.1) is 0 Å². The molecule has 5 heteroatoms. The van der Waals surface area contributed by atoms with Crippen molar-refractivity contribution in [2.24, 2.45) is 0 Å². The van der Waals surface area contributed by atoms with Crippen LogP contribution in [-0.2, 0) is 9.89 Å². The molecule has 0 aliphatic carbocycles. The van der Waals surface area contributed by atoms with E-state index in [2.05, 4.69) is 63.2 Å². The molecular weight excluding hydrogens is 357 g/mol. The third kappa shape index (κ3) is 5.37. The van der Waals surface area contributed by atoms with Crippen molar-refractivity contribution < 1.29 is 14.2 Å². The van der Waals surface area contributed by atoms with E-state index < -0.39 is 0 Å². The van der Waals surface area contributed by atoms with Gasteiger partial charge in [0.05, 0.1) is 7.11 Å². The molecule has 0 radical (unpaired) electrons. The lowest BCUT2D eigenvalue weighted by Gasteiger charge is -2.33. The second-order valence-corrected chi connectivity index (χ2v) is 8.92. The standard InChI is InChI=1S/C22H32NO3P/c1-7-14-22(2,27-21-11-9-8-10-19(21)23(3)4)18-15-17(25-6)12-13-20(18)26-16-24-5/h8-13,15,27H,7,14,16H2,1-6H3. The maximum absolute atomic E-state index is 5.91. The molecule has 4 nitrogen and oxygen atoms in total. The SMILES string of the molecule is CCCC(C)(Pc1ccccc1N(C)C)c1cc(OC)ccc1OCOC. The Bertz CT molecular complexity index is 735. The second-order valence-electron chi connectivity index (χ2n) is 7.03. The van der Waals surface area contributed by atoms with Gasteiger partial charge in [0.1, 0.15) is 11.5 Å². The minimum atomic E-state index is -0.0571. The molecule has 0 amide bonds. The average Bonchev–Trinajstić information content (AvgIpc) is 2.66. The van der Waals surface area contributed by atoms with Gasteiger partial charge >= 0.3 is 0 Å². The zero-order chi connectivity index (χ0) is 19.9. The average molecular weight is 389 g/mol. The van der Waals surface area contributed by atoms with Crippen LogP contribution in [-0.4, -0.2) is 35.1 Å². The highest BCUT2D eigenvalue weighted by atomic mass is 31.1. The second kappa shape index (κ2) is 9.96. The largest absolute Gasteiger partial charge is 0.497 e. The Balaban J connectivity index is 2.52. The van der Waals surface area contributed by atoms with E-state index >= 15 is 0 Å². The highest BCUT2D eigenvalue weighted by molar-refractivity contribution is 7.49. The smallest absolute Gasteiger partial charge is 0.188 e. The molecule has 0 aliphatic heterocycles. The molecule has 0 saturated carbocycles. The van der Waals surface area contributed by atoms with Gasteiger partial charge < -0.3 is 19.1 Å². The summed E-state index contributed by atoms with van der Waals surface area (Å²) in [7, 11) is 8.14. The lowest BCUT2D eigenvalue weighted by molar-refractivity contribution is 0.0500. The molecule has 27 heavy (non-hydrogen) atoms. The molecule has 148 valence electrons. The van der Waals surface area contributed by atoms with E-state index in [4.69, 9.17) is 14.2 Å². The minimum absolute atomic E-state index is 0.0571. The summed E-state index contributed by atoms with van der Waals surface area (Å²) in [5.41, 5.74) is 2.44. The first kappa shape index (κ1) is 21.5. The van der Waals surface area contributed by atoms with Gasteiger partial charge in [-0.3, -0.25) is 0 Å². The predicted octanol–water partition coefficient (Wildman–Crippen LogP) is 4.76. The minimum Gasteiger partial charge on any atom is -0.497 e. The Labute approximate surface area is 165 Å². The predicted molar refractivity (Wildman–Crippen MR) is 116 cm³/mol. The van der Waals surface area contributed by atoms with E-state index in [0.717, 1.165) is 24.3 Å². The van der Waals surface area contributed by atoms with Crippen LogP contribution >= 0.6 is 8.58 Å². The van der Waals surface area contributed by atoms with Crippen LogP contribution in [0.15, 0.2) is 42.5 Å². The first-order chi connectivity index (χ1) is 12.9. The number of methoxy groups -OCH3 is 2. The van der Waals surface area contributed by atoms with Crippen molar-refractivity contribution in [2.45, 2.75) is 31.8 Å². The van der Waals surface area contributed by atoms with Crippen LogP contribution in [0.1, 0.15) is 32.3 Å². The van der Waals surface area contributed by atoms with Crippen LogP contribution < -0.4 is 19.7 Å². The van der Waals surface area contributed by atoms with Crippen molar-refractivity contribution >= 4 is 19.6 Å². The Morgan fingerprint density at radius 2 is 1.81 bits per heavy atom. The Kier molecular flexibility index (Phi) is 7.94. The van der Waals surface area contributed by atoms with Crippen molar-refractivity contribution in [3.05, 3.63) is 48.0 Å². The van der Waals surface area contributed by atoms with Gasteiger partial charge in [0.15, 0.2) is 6.79 Å². The summed E-state index contributed by atoms with van der Waals surface area (Å²) in [6.45, 7) is 4.80.